The molecular formula is C19H12ClN3O. The molecule has 0 saturated heterocycles. The van der Waals surface area contributed by atoms with Crippen molar-refractivity contribution in [2.45, 2.75) is 6.42 Å². The monoisotopic (exact) mass is 333 g/mol. The molecule has 0 atom stereocenters. The van der Waals surface area contributed by atoms with E-state index in [-0.39, 0.29) is 5.56 Å². The molecule has 0 spiro atoms. The topological polar surface area (TPSA) is 61.5 Å². The highest BCUT2D eigenvalue weighted by Crippen LogP contribution is 2.41. The fourth-order valence-electron chi connectivity index (χ4n) is 3.55. The Morgan fingerprint density at radius 1 is 1.00 bits per heavy atom. The molecule has 2 N–H and O–H groups in total. The van der Waals surface area contributed by atoms with Crippen LogP contribution in [0.15, 0.2) is 53.3 Å². The molecule has 5 heteroatoms. The van der Waals surface area contributed by atoms with Crippen molar-refractivity contribution in [1.82, 2.24) is 15.2 Å². The van der Waals surface area contributed by atoms with E-state index in [1.54, 1.807) is 0 Å². The molecule has 116 valence electrons. The maximum Gasteiger partial charge on any atom is 0.273 e. The molecular weight excluding hydrogens is 322 g/mol. The zero-order valence-corrected chi connectivity index (χ0v) is 13.3. The summed E-state index contributed by atoms with van der Waals surface area (Å²) in [6.45, 7) is 0. The van der Waals surface area contributed by atoms with Gasteiger partial charge in [-0.2, -0.15) is 5.10 Å². The summed E-state index contributed by atoms with van der Waals surface area (Å²) >= 11 is 6.33. The predicted molar refractivity (Wildman–Crippen MR) is 95.4 cm³/mol. The Labute approximate surface area is 142 Å². The number of H-pyrrole nitrogens is 2. The molecule has 0 fully saturated rings. The lowest BCUT2D eigenvalue weighted by Gasteiger charge is -2.05. The summed E-state index contributed by atoms with van der Waals surface area (Å²) in [5.41, 5.74) is 6.45. The minimum absolute atomic E-state index is 0.175. The van der Waals surface area contributed by atoms with Crippen molar-refractivity contribution >= 4 is 22.5 Å². The van der Waals surface area contributed by atoms with Crippen molar-refractivity contribution in [2.24, 2.45) is 0 Å². The quantitative estimate of drug-likeness (QED) is 0.484. The van der Waals surface area contributed by atoms with Gasteiger partial charge in [0, 0.05) is 17.5 Å². The largest absolute Gasteiger partial charge is 0.352 e. The first-order valence-electron chi connectivity index (χ1n) is 7.70. The first-order chi connectivity index (χ1) is 11.7. The Hall–Kier alpha value is -2.85. The molecule has 0 aliphatic heterocycles. The zero-order chi connectivity index (χ0) is 16.3. The normalized spacial score (nSPS) is 12.4. The first-order valence-corrected chi connectivity index (χ1v) is 8.08. The van der Waals surface area contributed by atoms with Crippen molar-refractivity contribution in [3.63, 3.8) is 0 Å². The van der Waals surface area contributed by atoms with Crippen molar-refractivity contribution in [1.29, 1.82) is 0 Å². The second-order valence-electron chi connectivity index (χ2n) is 5.94. The SMILES string of the molecule is O=c1[nH]nc(-c2ccccc2Cl)c2[nH]c3c(c12)Cc1ccccc1-3. The highest BCUT2D eigenvalue weighted by atomic mass is 35.5. The van der Waals surface area contributed by atoms with Crippen LogP contribution in [0.2, 0.25) is 5.02 Å². The average Bonchev–Trinajstić information content (AvgIpc) is 3.13. The van der Waals surface area contributed by atoms with Crippen LogP contribution < -0.4 is 5.56 Å². The summed E-state index contributed by atoms with van der Waals surface area (Å²) in [5.74, 6) is 0. The number of nitrogens with one attached hydrogen (secondary N) is 2. The van der Waals surface area contributed by atoms with E-state index in [4.69, 9.17) is 11.6 Å². The lowest BCUT2D eigenvalue weighted by atomic mass is 10.1. The van der Waals surface area contributed by atoms with Crippen LogP contribution in [0.5, 0.6) is 0 Å². The number of nitrogens with zero attached hydrogens (tertiary/aromatic N) is 1. The highest BCUT2D eigenvalue weighted by Gasteiger charge is 2.26. The number of halogens is 1. The number of aromatic nitrogens is 3. The Morgan fingerprint density at radius 2 is 1.75 bits per heavy atom. The molecule has 1 aliphatic carbocycles. The van der Waals surface area contributed by atoms with Crippen LogP contribution in [-0.2, 0) is 6.42 Å². The van der Waals surface area contributed by atoms with Gasteiger partial charge in [0.15, 0.2) is 0 Å². The fourth-order valence-corrected chi connectivity index (χ4v) is 3.77. The van der Waals surface area contributed by atoms with Crippen LogP contribution in [0.1, 0.15) is 11.1 Å². The van der Waals surface area contributed by atoms with Gasteiger partial charge in [0.25, 0.3) is 5.56 Å². The number of rotatable bonds is 1. The fraction of sp³-hybridized carbons (Fsp3) is 0.0526. The molecule has 24 heavy (non-hydrogen) atoms. The minimum atomic E-state index is -0.175. The van der Waals surface area contributed by atoms with Gasteiger partial charge in [0.1, 0.15) is 5.69 Å². The smallest absolute Gasteiger partial charge is 0.273 e. The average molecular weight is 334 g/mol. The lowest BCUT2D eigenvalue weighted by Crippen LogP contribution is -2.10. The van der Waals surface area contributed by atoms with Crippen LogP contribution in [-0.4, -0.2) is 15.2 Å². The van der Waals surface area contributed by atoms with Crippen LogP contribution >= 0.6 is 11.6 Å². The summed E-state index contributed by atoms with van der Waals surface area (Å²) in [6, 6.07) is 15.7. The van der Waals surface area contributed by atoms with Gasteiger partial charge in [-0.15, -0.1) is 0 Å². The van der Waals surface area contributed by atoms with E-state index in [0.717, 1.165) is 34.3 Å². The summed E-state index contributed by atoms with van der Waals surface area (Å²) < 4.78 is 0. The van der Waals surface area contributed by atoms with E-state index in [1.165, 1.54) is 5.56 Å². The maximum absolute atomic E-state index is 12.4. The first kappa shape index (κ1) is 13.6. The molecule has 2 heterocycles. The van der Waals surface area contributed by atoms with E-state index in [0.29, 0.717) is 16.1 Å². The predicted octanol–water partition coefficient (Wildman–Crippen LogP) is 4.14. The second-order valence-corrected chi connectivity index (χ2v) is 6.35. The van der Waals surface area contributed by atoms with E-state index in [9.17, 15) is 4.79 Å². The van der Waals surface area contributed by atoms with Crippen LogP contribution in [0.4, 0.5) is 0 Å². The molecule has 1 aliphatic rings. The number of aromatic amines is 2. The van der Waals surface area contributed by atoms with Crippen molar-refractivity contribution < 1.29 is 0 Å². The molecule has 0 amide bonds. The van der Waals surface area contributed by atoms with Gasteiger partial charge in [-0.05, 0) is 17.2 Å². The van der Waals surface area contributed by atoms with Gasteiger partial charge in [-0.1, -0.05) is 54.1 Å². The molecule has 2 aromatic heterocycles. The molecule has 5 rings (SSSR count). The summed E-state index contributed by atoms with van der Waals surface area (Å²) in [5, 5.41) is 8.16. The zero-order valence-electron chi connectivity index (χ0n) is 12.6. The van der Waals surface area contributed by atoms with Crippen LogP contribution in [0.3, 0.4) is 0 Å². The Kier molecular flexibility index (Phi) is 2.73. The third-order valence-electron chi connectivity index (χ3n) is 4.62. The van der Waals surface area contributed by atoms with Crippen LogP contribution in [0.25, 0.3) is 33.4 Å². The second kappa shape index (κ2) is 4.82. The van der Waals surface area contributed by atoms with E-state index in [1.807, 2.05) is 36.4 Å². The van der Waals surface area contributed by atoms with Gasteiger partial charge in [-0.25, -0.2) is 5.10 Å². The maximum atomic E-state index is 12.4. The molecule has 4 aromatic rings. The number of fused-ring (bicyclic) bond motifs is 5. The van der Waals surface area contributed by atoms with Gasteiger partial charge >= 0.3 is 0 Å². The molecule has 0 bridgehead atoms. The van der Waals surface area contributed by atoms with E-state index < -0.39 is 0 Å². The minimum Gasteiger partial charge on any atom is -0.352 e. The van der Waals surface area contributed by atoms with Crippen molar-refractivity contribution in [3.05, 3.63) is 75.0 Å². The Bertz CT molecular complexity index is 1170. The molecule has 2 aromatic carbocycles. The van der Waals surface area contributed by atoms with Gasteiger partial charge in [0.2, 0.25) is 0 Å². The van der Waals surface area contributed by atoms with Gasteiger partial charge < -0.3 is 4.98 Å². The Morgan fingerprint density at radius 3 is 2.58 bits per heavy atom. The number of benzene rings is 2. The molecule has 0 unspecified atom stereocenters. The van der Waals surface area contributed by atoms with Gasteiger partial charge in [-0.3, -0.25) is 4.79 Å². The lowest BCUT2D eigenvalue weighted by molar-refractivity contribution is 1.01. The third kappa shape index (κ3) is 1.74. The molecule has 0 saturated carbocycles. The van der Waals surface area contributed by atoms with Gasteiger partial charge in [0.05, 0.1) is 21.6 Å². The standard InChI is InChI=1S/C19H12ClN3O/c20-14-8-4-3-7-12(14)17-18-15(19(24)23-22-17)13-9-10-5-1-2-6-11(10)16(13)21-18/h1-8,21H,9H2,(H,23,24). The van der Waals surface area contributed by atoms with Crippen molar-refractivity contribution in [2.75, 3.05) is 0 Å². The summed E-state index contributed by atoms with van der Waals surface area (Å²) in [7, 11) is 0. The highest BCUT2D eigenvalue weighted by molar-refractivity contribution is 6.33. The molecule has 0 radical (unpaired) electrons. The summed E-state index contributed by atoms with van der Waals surface area (Å²) in [6.07, 6.45) is 0.751. The summed E-state index contributed by atoms with van der Waals surface area (Å²) in [4.78, 5) is 15.9. The van der Waals surface area contributed by atoms with Crippen LogP contribution in [0, 0.1) is 0 Å². The van der Waals surface area contributed by atoms with Crippen molar-refractivity contribution in [3.8, 4) is 22.5 Å². The number of hydrogen-bond acceptors (Lipinski definition) is 2. The third-order valence-corrected chi connectivity index (χ3v) is 4.95. The molecule has 4 nitrogen and oxygen atoms in total. The van der Waals surface area contributed by atoms with E-state index >= 15 is 0 Å². The Balaban J connectivity index is 1.87. The van der Waals surface area contributed by atoms with E-state index in [2.05, 4.69) is 27.3 Å². The number of hydrogen-bond donors (Lipinski definition) is 2.